The van der Waals surface area contributed by atoms with E-state index < -0.39 is 0 Å². The SMILES string of the molecule is Nc1cccc(/C=C/c2nc(-c3ccoc3)no2)c1. The second-order valence-corrected chi connectivity index (χ2v) is 3.97. The number of anilines is 1. The number of hydrogen-bond acceptors (Lipinski definition) is 5. The summed E-state index contributed by atoms with van der Waals surface area (Å²) in [6.45, 7) is 0. The van der Waals surface area contributed by atoms with E-state index in [-0.39, 0.29) is 0 Å². The van der Waals surface area contributed by atoms with Crippen LogP contribution in [-0.4, -0.2) is 10.1 Å². The highest BCUT2D eigenvalue weighted by atomic mass is 16.5. The Bertz CT molecular complexity index is 699. The molecule has 0 aliphatic heterocycles. The monoisotopic (exact) mass is 253 g/mol. The van der Waals surface area contributed by atoms with Crippen LogP contribution in [0.15, 0.2) is 51.8 Å². The van der Waals surface area contributed by atoms with Gasteiger partial charge in [0.15, 0.2) is 0 Å². The third kappa shape index (κ3) is 2.55. The summed E-state index contributed by atoms with van der Waals surface area (Å²) in [7, 11) is 0. The molecule has 5 nitrogen and oxygen atoms in total. The molecule has 3 aromatic rings. The van der Waals surface area contributed by atoms with Gasteiger partial charge in [0.05, 0.1) is 11.8 Å². The number of benzene rings is 1. The van der Waals surface area contributed by atoms with Crippen molar-refractivity contribution < 1.29 is 8.94 Å². The maximum absolute atomic E-state index is 5.70. The van der Waals surface area contributed by atoms with Crippen molar-refractivity contribution in [2.24, 2.45) is 0 Å². The van der Waals surface area contributed by atoms with Crippen LogP contribution in [0, 0.1) is 0 Å². The number of aromatic nitrogens is 2. The first-order valence-electron chi connectivity index (χ1n) is 5.71. The fraction of sp³-hybridized carbons (Fsp3) is 0. The molecular formula is C14H11N3O2. The summed E-state index contributed by atoms with van der Waals surface area (Å²) < 4.78 is 10.1. The maximum atomic E-state index is 5.70. The number of furan rings is 1. The Hall–Kier alpha value is -2.82. The van der Waals surface area contributed by atoms with Crippen LogP contribution in [0.25, 0.3) is 23.5 Å². The molecule has 0 aliphatic rings. The van der Waals surface area contributed by atoms with Gasteiger partial charge in [0.25, 0.3) is 5.89 Å². The van der Waals surface area contributed by atoms with Gasteiger partial charge in [-0.25, -0.2) is 0 Å². The Morgan fingerprint density at radius 1 is 1.16 bits per heavy atom. The van der Waals surface area contributed by atoms with Crippen LogP contribution in [-0.2, 0) is 0 Å². The highest BCUT2D eigenvalue weighted by Gasteiger charge is 2.07. The molecule has 0 saturated carbocycles. The van der Waals surface area contributed by atoms with Gasteiger partial charge in [-0.15, -0.1) is 0 Å². The second kappa shape index (κ2) is 4.81. The number of rotatable bonds is 3. The van der Waals surface area contributed by atoms with E-state index in [0.29, 0.717) is 17.4 Å². The van der Waals surface area contributed by atoms with E-state index in [1.54, 1.807) is 24.7 Å². The zero-order valence-electron chi connectivity index (χ0n) is 9.98. The lowest BCUT2D eigenvalue weighted by Crippen LogP contribution is -1.83. The van der Waals surface area contributed by atoms with Gasteiger partial charge in [-0.2, -0.15) is 4.98 Å². The molecule has 1 aromatic carbocycles. The van der Waals surface area contributed by atoms with Crippen LogP contribution in [0.3, 0.4) is 0 Å². The summed E-state index contributed by atoms with van der Waals surface area (Å²) in [5, 5.41) is 3.87. The van der Waals surface area contributed by atoms with Crippen molar-refractivity contribution >= 4 is 17.8 Å². The molecule has 0 radical (unpaired) electrons. The molecular weight excluding hydrogens is 242 g/mol. The number of nitrogens with zero attached hydrogens (tertiary/aromatic N) is 2. The van der Waals surface area contributed by atoms with E-state index in [1.165, 1.54) is 0 Å². The van der Waals surface area contributed by atoms with Crippen LogP contribution < -0.4 is 5.73 Å². The van der Waals surface area contributed by atoms with E-state index in [2.05, 4.69) is 10.1 Å². The largest absolute Gasteiger partial charge is 0.472 e. The van der Waals surface area contributed by atoms with Crippen LogP contribution >= 0.6 is 0 Å². The van der Waals surface area contributed by atoms with Gasteiger partial charge in [-0.3, -0.25) is 0 Å². The van der Waals surface area contributed by atoms with Crippen LogP contribution in [0.2, 0.25) is 0 Å². The smallest absolute Gasteiger partial charge is 0.250 e. The second-order valence-electron chi connectivity index (χ2n) is 3.97. The molecule has 3 rings (SSSR count). The minimum Gasteiger partial charge on any atom is -0.472 e. The third-order valence-electron chi connectivity index (χ3n) is 2.55. The predicted octanol–water partition coefficient (Wildman–Crippen LogP) is 3.08. The van der Waals surface area contributed by atoms with Gasteiger partial charge in [-0.05, 0) is 29.8 Å². The fourth-order valence-corrected chi connectivity index (χ4v) is 1.64. The molecule has 5 heteroatoms. The Morgan fingerprint density at radius 3 is 2.89 bits per heavy atom. The lowest BCUT2D eigenvalue weighted by atomic mass is 10.2. The predicted molar refractivity (Wildman–Crippen MR) is 71.8 cm³/mol. The van der Waals surface area contributed by atoms with Gasteiger partial charge < -0.3 is 14.7 Å². The summed E-state index contributed by atoms with van der Waals surface area (Å²) >= 11 is 0. The molecule has 0 bridgehead atoms. The highest BCUT2D eigenvalue weighted by Crippen LogP contribution is 2.17. The Kier molecular flexibility index (Phi) is 2.86. The van der Waals surface area contributed by atoms with Gasteiger partial charge in [0, 0.05) is 11.8 Å². The first-order chi connectivity index (χ1) is 9.31. The molecule has 0 fully saturated rings. The van der Waals surface area contributed by atoms with Gasteiger partial charge in [0.2, 0.25) is 5.82 Å². The van der Waals surface area contributed by atoms with Crippen LogP contribution in [0.1, 0.15) is 11.5 Å². The van der Waals surface area contributed by atoms with E-state index in [1.807, 2.05) is 30.3 Å². The van der Waals surface area contributed by atoms with E-state index >= 15 is 0 Å². The van der Waals surface area contributed by atoms with Gasteiger partial charge in [0.1, 0.15) is 6.26 Å². The highest BCUT2D eigenvalue weighted by molar-refractivity contribution is 5.68. The molecule has 0 amide bonds. The lowest BCUT2D eigenvalue weighted by Gasteiger charge is -1.94. The molecule has 0 unspecified atom stereocenters. The Morgan fingerprint density at radius 2 is 2.11 bits per heavy atom. The summed E-state index contributed by atoms with van der Waals surface area (Å²) in [6, 6.07) is 9.31. The number of nitrogen functional groups attached to an aromatic ring is 1. The minimum atomic E-state index is 0.429. The maximum Gasteiger partial charge on any atom is 0.250 e. The molecule has 0 aliphatic carbocycles. The molecule has 0 spiro atoms. The summed E-state index contributed by atoms with van der Waals surface area (Å²) in [6.07, 6.45) is 6.73. The summed E-state index contributed by atoms with van der Waals surface area (Å²) in [5.41, 5.74) is 8.17. The minimum absolute atomic E-state index is 0.429. The number of nitrogens with two attached hydrogens (primary N) is 1. The summed E-state index contributed by atoms with van der Waals surface area (Å²) in [4.78, 5) is 4.23. The molecule has 94 valence electrons. The quantitative estimate of drug-likeness (QED) is 0.725. The van der Waals surface area contributed by atoms with Crippen molar-refractivity contribution in [2.75, 3.05) is 5.73 Å². The Balaban J connectivity index is 1.81. The zero-order valence-corrected chi connectivity index (χ0v) is 9.98. The van der Waals surface area contributed by atoms with Crippen molar-refractivity contribution in [3.8, 4) is 11.4 Å². The lowest BCUT2D eigenvalue weighted by molar-refractivity contribution is 0.411. The number of hydrogen-bond donors (Lipinski definition) is 1. The molecule has 2 heterocycles. The van der Waals surface area contributed by atoms with Crippen molar-refractivity contribution in [3.05, 3.63) is 54.3 Å². The van der Waals surface area contributed by atoms with Crippen molar-refractivity contribution in [1.29, 1.82) is 0 Å². The zero-order chi connectivity index (χ0) is 13.1. The van der Waals surface area contributed by atoms with E-state index in [0.717, 1.165) is 11.1 Å². The topological polar surface area (TPSA) is 78.1 Å². The summed E-state index contributed by atoms with van der Waals surface area (Å²) in [5.74, 6) is 0.930. The molecule has 19 heavy (non-hydrogen) atoms. The van der Waals surface area contributed by atoms with Crippen molar-refractivity contribution in [3.63, 3.8) is 0 Å². The van der Waals surface area contributed by atoms with E-state index in [9.17, 15) is 0 Å². The fourth-order valence-electron chi connectivity index (χ4n) is 1.64. The first-order valence-corrected chi connectivity index (χ1v) is 5.71. The average molecular weight is 253 g/mol. The molecule has 2 aromatic heterocycles. The third-order valence-corrected chi connectivity index (χ3v) is 2.55. The van der Waals surface area contributed by atoms with E-state index in [4.69, 9.17) is 14.7 Å². The standard InChI is InChI=1S/C14H11N3O2/c15-12-3-1-2-10(8-12)4-5-13-16-14(17-19-13)11-6-7-18-9-11/h1-9H,15H2/b5-4+. The molecule has 2 N–H and O–H groups in total. The first kappa shape index (κ1) is 11.3. The Labute approximate surface area is 109 Å². The van der Waals surface area contributed by atoms with Gasteiger partial charge >= 0.3 is 0 Å². The molecule has 0 atom stereocenters. The van der Waals surface area contributed by atoms with Crippen LogP contribution in [0.5, 0.6) is 0 Å². The van der Waals surface area contributed by atoms with Crippen molar-refractivity contribution in [2.45, 2.75) is 0 Å². The van der Waals surface area contributed by atoms with Gasteiger partial charge in [-0.1, -0.05) is 17.3 Å². The van der Waals surface area contributed by atoms with Crippen molar-refractivity contribution in [1.82, 2.24) is 10.1 Å². The normalized spacial score (nSPS) is 11.2. The van der Waals surface area contributed by atoms with Crippen LogP contribution in [0.4, 0.5) is 5.69 Å². The molecule has 0 saturated heterocycles. The average Bonchev–Trinajstić information content (AvgIpc) is 3.07.